The zero-order valence-corrected chi connectivity index (χ0v) is 12.1. The third kappa shape index (κ3) is 3.61. The molecule has 2 rings (SSSR count). The Balaban J connectivity index is 2.08. The van der Waals surface area contributed by atoms with E-state index in [1.807, 2.05) is 18.2 Å². The van der Waals surface area contributed by atoms with Gasteiger partial charge in [0.1, 0.15) is 0 Å². The van der Waals surface area contributed by atoms with Crippen LogP contribution < -0.4 is 5.32 Å². The van der Waals surface area contributed by atoms with Crippen LogP contribution in [0.4, 0.5) is 0 Å². The van der Waals surface area contributed by atoms with Gasteiger partial charge in [-0.1, -0.05) is 30.1 Å². The third-order valence-corrected chi connectivity index (χ3v) is 4.03. The summed E-state index contributed by atoms with van der Waals surface area (Å²) >= 11 is 12.2. The number of ether oxygens (including phenoxy) is 1. The van der Waals surface area contributed by atoms with E-state index in [0.29, 0.717) is 12.0 Å². The van der Waals surface area contributed by atoms with Crippen molar-refractivity contribution in [2.24, 2.45) is 5.92 Å². The highest BCUT2D eigenvalue weighted by Gasteiger charge is 2.25. The number of halogens is 2. The molecule has 1 fully saturated rings. The Labute approximate surface area is 119 Å². The molecule has 1 aromatic rings. The van der Waals surface area contributed by atoms with Crippen molar-refractivity contribution in [3.8, 4) is 0 Å². The van der Waals surface area contributed by atoms with E-state index in [-0.39, 0.29) is 0 Å². The first-order valence-corrected chi connectivity index (χ1v) is 7.21. The van der Waals surface area contributed by atoms with Crippen molar-refractivity contribution in [2.45, 2.75) is 25.8 Å². The largest absolute Gasteiger partial charge is 0.381 e. The Morgan fingerprint density at radius 2 is 2.22 bits per heavy atom. The van der Waals surface area contributed by atoms with Gasteiger partial charge in [-0.25, -0.2) is 0 Å². The smallest absolute Gasteiger partial charge is 0.0512 e. The van der Waals surface area contributed by atoms with Gasteiger partial charge in [-0.05, 0) is 43.1 Å². The quantitative estimate of drug-likeness (QED) is 0.914. The minimum absolute atomic E-state index is 0.467. The van der Waals surface area contributed by atoms with Crippen LogP contribution in [0.3, 0.4) is 0 Å². The highest BCUT2D eigenvalue weighted by Crippen LogP contribution is 2.26. The maximum absolute atomic E-state index is 6.22. The molecule has 2 unspecified atom stereocenters. The lowest BCUT2D eigenvalue weighted by atomic mass is 9.89. The van der Waals surface area contributed by atoms with Gasteiger partial charge in [-0.3, -0.25) is 0 Å². The van der Waals surface area contributed by atoms with Crippen LogP contribution in [0.25, 0.3) is 0 Å². The predicted octanol–water partition coefficient (Wildman–Crippen LogP) is 3.55. The van der Waals surface area contributed by atoms with Crippen molar-refractivity contribution in [1.82, 2.24) is 5.32 Å². The lowest BCUT2D eigenvalue weighted by Gasteiger charge is -2.32. The van der Waals surface area contributed by atoms with Crippen LogP contribution >= 0.6 is 23.2 Å². The number of hydrogen-bond donors (Lipinski definition) is 1. The Morgan fingerprint density at radius 1 is 1.39 bits per heavy atom. The van der Waals surface area contributed by atoms with Crippen LogP contribution in [0.5, 0.6) is 0 Å². The third-order valence-electron chi connectivity index (χ3n) is 3.43. The fourth-order valence-corrected chi connectivity index (χ4v) is 2.90. The molecule has 0 spiro atoms. The molecular formula is C14H19Cl2NO. The first-order valence-electron chi connectivity index (χ1n) is 6.45. The molecule has 1 heterocycles. The van der Waals surface area contributed by atoms with Crippen molar-refractivity contribution in [2.75, 3.05) is 19.8 Å². The number of benzene rings is 1. The number of hydrogen-bond acceptors (Lipinski definition) is 2. The second-order valence-electron chi connectivity index (χ2n) is 4.73. The summed E-state index contributed by atoms with van der Waals surface area (Å²) in [5.74, 6) is 0.467. The molecule has 0 aromatic heterocycles. The molecule has 2 nitrogen and oxygen atoms in total. The molecule has 1 aromatic carbocycles. The fourth-order valence-electron chi connectivity index (χ4n) is 2.51. The van der Waals surface area contributed by atoms with Crippen molar-refractivity contribution < 1.29 is 4.74 Å². The minimum atomic E-state index is 0.467. The molecule has 0 bridgehead atoms. The van der Waals surface area contributed by atoms with E-state index in [4.69, 9.17) is 27.9 Å². The van der Waals surface area contributed by atoms with E-state index < -0.39 is 0 Å². The predicted molar refractivity (Wildman–Crippen MR) is 76.6 cm³/mol. The molecular weight excluding hydrogens is 269 g/mol. The normalized spacial score (nSPS) is 24.2. The topological polar surface area (TPSA) is 21.3 Å². The maximum atomic E-state index is 6.22. The van der Waals surface area contributed by atoms with Crippen LogP contribution in [-0.4, -0.2) is 25.8 Å². The summed E-state index contributed by atoms with van der Waals surface area (Å²) < 4.78 is 5.58. The van der Waals surface area contributed by atoms with Gasteiger partial charge in [0.15, 0.2) is 0 Å². The molecule has 1 N–H and O–H groups in total. The first-order chi connectivity index (χ1) is 8.70. The Hall–Kier alpha value is -0.280. The summed E-state index contributed by atoms with van der Waals surface area (Å²) in [7, 11) is 0. The minimum Gasteiger partial charge on any atom is -0.381 e. The van der Waals surface area contributed by atoms with Crippen molar-refractivity contribution in [3.63, 3.8) is 0 Å². The molecule has 0 amide bonds. The summed E-state index contributed by atoms with van der Waals surface area (Å²) in [6.07, 6.45) is 1.98. The zero-order chi connectivity index (χ0) is 13.0. The molecule has 100 valence electrons. The van der Waals surface area contributed by atoms with E-state index in [1.165, 1.54) is 0 Å². The molecule has 1 aliphatic rings. The number of rotatable bonds is 4. The summed E-state index contributed by atoms with van der Waals surface area (Å²) in [5.41, 5.74) is 1.11. The van der Waals surface area contributed by atoms with Gasteiger partial charge >= 0.3 is 0 Å². The van der Waals surface area contributed by atoms with Crippen LogP contribution in [-0.2, 0) is 11.2 Å². The van der Waals surface area contributed by atoms with E-state index in [1.54, 1.807) is 0 Å². The van der Waals surface area contributed by atoms with Crippen molar-refractivity contribution in [3.05, 3.63) is 33.8 Å². The Morgan fingerprint density at radius 3 is 3.00 bits per heavy atom. The second-order valence-corrected chi connectivity index (χ2v) is 5.57. The highest BCUT2D eigenvalue weighted by molar-refractivity contribution is 6.33. The summed E-state index contributed by atoms with van der Waals surface area (Å²) in [5, 5.41) is 5.07. The monoisotopic (exact) mass is 287 g/mol. The van der Waals surface area contributed by atoms with Gasteiger partial charge in [0.25, 0.3) is 0 Å². The maximum Gasteiger partial charge on any atom is 0.0512 e. The van der Waals surface area contributed by atoms with Gasteiger partial charge in [0.2, 0.25) is 0 Å². The van der Waals surface area contributed by atoms with Gasteiger partial charge in [-0.15, -0.1) is 0 Å². The van der Waals surface area contributed by atoms with E-state index >= 15 is 0 Å². The van der Waals surface area contributed by atoms with Gasteiger partial charge in [0, 0.05) is 28.6 Å². The van der Waals surface area contributed by atoms with Gasteiger partial charge < -0.3 is 10.1 Å². The van der Waals surface area contributed by atoms with E-state index in [0.717, 1.165) is 48.2 Å². The fraction of sp³-hybridized carbons (Fsp3) is 0.571. The average Bonchev–Trinajstić information content (AvgIpc) is 2.36. The lowest BCUT2D eigenvalue weighted by molar-refractivity contribution is 0.0327. The van der Waals surface area contributed by atoms with Crippen LogP contribution in [0.1, 0.15) is 18.9 Å². The SMILES string of the molecule is CCNC1CCOCC1Cc1cc(Cl)ccc1Cl. The van der Waals surface area contributed by atoms with E-state index in [2.05, 4.69) is 12.2 Å². The highest BCUT2D eigenvalue weighted by atomic mass is 35.5. The molecule has 0 saturated carbocycles. The van der Waals surface area contributed by atoms with Crippen molar-refractivity contribution in [1.29, 1.82) is 0 Å². The molecule has 18 heavy (non-hydrogen) atoms. The van der Waals surface area contributed by atoms with Crippen LogP contribution in [0, 0.1) is 5.92 Å². The Bertz CT molecular complexity index is 395. The average molecular weight is 288 g/mol. The van der Waals surface area contributed by atoms with E-state index in [9.17, 15) is 0 Å². The zero-order valence-electron chi connectivity index (χ0n) is 10.6. The second kappa shape index (κ2) is 6.76. The van der Waals surface area contributed by atoms with Crippen LogP contribution in [0.2, 0.25) is 10.0 Å². The first kappa shape index (κ1) is 14.1. The van der Waals surface area contributed by atoms with Gasteiger partial charge in [0.05, 0.1) is 6.61 Å². The molecule has 1 saturated heterocycles. The standard InChI is InChI=1S/C14H19Cl2NO/c1-2-17-14-5-6-18-9-11(14)7-10-8-12(15)3-4-13(10)16/h3-4,8,11,14,17H,2,5-7,9H2,1H3. The summed E-state index contributed by atoms with van der Waals surface area (Å²) in [6.45, 7) is 4.77. The molecule has 1 aliphatic heterocycles. The summed E-state index contributed by atoms with van der Waals surface area (Å²) in [6, 6.07) is 6.16. The number of nitrogens with one attached hydrogen (secondary N) is 1. The molecule has 0 radical (unpaired) electrons. The van der Waals surface area contributed by atoms with Crippen LogP contribution in [0.15, 0.2) is 18.2 Å². The summed E-state index contributed by atoms with van der Waals surface area (Å²) in [4.78, 5) is 0. The lowest BCUT2D eigenvalue weighted by Crippen LogP contribution is -2.43. The molecule has 2 atom stereocenters. The molecule has 0 aliphatic carbocycles. The Kier molecular flexibility index (Phi) is 5.31. The molecule has 4 heteroatoms. The van der Waals surface area contributed by atoms with Gasteiger partial charge in [-0.2, -0.15) is 0 Å². The van der Waals surface area contributed by atoms with Crippen molar-refractivity contribution >= 4 is 23.2 Å².